The molecule has 4 rings (SSSR count). The highest BCUT2D eigenvalue weighted by Crippen LogP contribution is 2.31. The molecule has 0 fully saturated rings. The summed E-state index contributed by atoms with van der Waals surface area (Å²) in [4.78, 5) is 33.9. The van der Waals surface area contributed by atoms with E-state index in [2.05, 4.69) is 10.1 Å². The maximum atomic E-state index is 13.1. The number of carbonyl (C=O) groups is 2. The highest BCUT2D eigenvalue weighted by Gasteiger charge is 2.38. The maximum Gasteiger partial charge on any atom is 0.249 e. The normalized spacial score (nSPS) is 16.0. The summed E-state index contributed by atoms with van der Waals surface area (Å²) in [6.45, 7) is 0.515. The van der Waals surface area contributed by atoms with Gasteiger partial charge in [-0.3, -0.25) is 19.3 Å². The third kappa shape index (κ3) is 3.60. The molecule has 0 bridgehead atoms. The van der Waals surface area contributed by atoms with Crippen LogP contribution in [0.4, 0.5) is 0 Å². The van der Waals surface area contributed by atoms with Crippen molar-refractivity contribution in [3.05, 3.63) is 59.5 Å². The monoisotopic (exact) mass is 391 g/mol. The van der Waals surface area contributed by atoms with Crippen LogP contribution in [0, 0.1) is 0 Å². The van der Waals surface area contributed by atoms with Gasteiger partial charge in [-0.15, -0.1) is 0 Å². The minimum absolute atomic E-state index is 0.0327. The minimum Gasteiger partial charge on any atom is -0.347 e. The molecule has 150 valence electrons. The molecule has 1 aliphatic rings. The number of amides is 2. The Morgan fingerprint density at radius 3 is 2.76 bits per heavy atom. The van der Waals surface area contributed by atoms with E-state index in [1.807, 2.05) is 43.4 Å². The number of nitrogens with zero attached hydrogens (tertiary/aromatic N) is 5. The van der Waals surface area contributed by atoms with Crippen LogP contribution in [-0.4, -0.2) is 57.0 Å². The fourth-order valence-electron chi connectivity index (χ4n) is 3.94. The van der Waals surface area contributed by atoms with Crippen LogP contribution in [0.3, 0.4) is 0 Å². The van der Waals surface area contributed by atoms with Crippen LogP contribution in [-0.2, 0) is 29.5 Å². The van der Waals surface area contributed by atoms with Crippen molar-refractivity contribution >= 4 is 22.7 Å². The van der Waals surface area contributed by atoms with Gasteiger partial charge in [-0.25, -0.2) is 0 Å². The Labute approximate surface area is 169 Å². The van der Waals surface area contributed by atoms with Gasteiger partial charge >= 0.3 is 0 Å². The Bertz CT molecular complexity index is 1070. The number of hydrogen-bond donors (Lipinski definition) is 0. The summed E-state index contributed by atoms with van der Waals surface area (Å²) in [5.41, 5.74) is 3.66. The Hall–Kier alpha value is -3.22. The summed E-state index contributed by atoms with van der Waals surface area (Å²) in [6.07, 6.45) is 3.27. The van der Waals surface area contributed by atoms with Crippen LogP contribution in [0.5, 0.6) is 0 Å². The van der Waals surface area contributed by atoms with Crippen molar-refractivity contribution in [3.63, 3.8) is 0 Å². The first-order valence-corrected chi connectivity index (χ1v) is 9.82. The quantitative estimate of drug-likeness (QED) is 0.683. The van der Waals surface area contributed by atoms with Crippen molar-refractivity contribution < 1.29 is 9.59 Å². The van der Waals surface area contributed by atoms with Gasteiger partial charge in [0, 0.05) is 62.9 Å². The number of aromatic nitrogens is 3. The second-order valence-corrected chi connectivity index (χ2v) is 7.64. The van der Waals surface area contributed by atoms with Gasteiger partial charge in [0.05, 0.1) is 11.7 Å². The third-order valence-corrected chi connectivity index (χ3v) is 5.54. The number of likely N-dealkylation sites (N-methyl/N-ethyl adjacent to an activating group) is 1. The van der Waals surface area contributed by atoms with E-state index in [1.165, 1.54) is 4.90 Å². The number of aryl methyl sites for hydroxylation is 2. The number of rotatable bonds is 4. The van der Waals surface area contributed by atoms with E-state index in [9.17, 15) is 9.59 Å². The summed E-state index contributed by atoms with van der Waals surface area (Å²) in [5.74, 6) is -0.134. The van der Waals surface area contributed by atoms with Crippen molar-refractivity contribution in [3.8, 4) is 0 Å². The lowest BCUT2D eigenvalue weighted by molar-refractivity contribution is -0.145. The molecule has 0 radical (unpaired) electrons. The van der Waals surface area contributed by atoms with Crippen LogP contribution in [0.1, 0.15) is 29.4 Å². The molecular weight excluding hydrogens is 366 g/mol. The summed E-state index contributed by atoms with van der Waals surface area (Å²) in [5, 5.41) is 5.39. The van der Waals surface area contributed by atoms with E-state index in [0.717, 1.165) is 27.9 Å². The van der Waals surface area contributed by atoms with Crippen molar-refractivity contribution in [1.82, 2.24) is 24.6 Å². The summed E-state index contributed by atoms with van der Waals surface area (Å²) in [7, 11) is 5.31. The number of hydrogen-bond acceptors (Lipinski definition) is 4. The van der Waals surface area contributed by atoms with E-state index >= 15 is 0 Å². The van der Waals surface area contributed by atoms with Gasteiger partial charge in [0.2, 0.25) is 11.8 Å². The molecule has 0 spiro atoms. The molecule has 1 aliphatic heterocycles. The highest BCUT2D eigenvalue weighted by molar-refractivity contribution is 5.89. The largest absolute Gasteiger partial charge is 0.347 e. The standard InChI is InChI=1S/C22H25N5O2/c1-25(2)22(29)21-17-14-23-26(3)19(17)12-13-27(21)20(28)11-10-16-9-8-15-6-4-5-7-18(15)24-16/h4-9,14,21H,10-13H2,1-3H3. The first-order chi connectivity index (χ1) is 14.0. The van der Waals surface area contributed by atoms with E-state index in [-0.39, 0.29) is 11.8 Å². The lowest BCUT2D eigenvalue weighted by Gasteiger charge is -2.36. The van der Waals surface area contributed by atoms with E-state index in [1.54, 1.807) is 29.9 Å². The third-order valence-electron chi connectivity index (χ3n) is 5.54. The lowest BCUT2D eigenvalue weighted by atomic mass is 9.97. The predicted molar refractivity (Wildman–Crippen MR) is 110 cm³/mol. The topological polar surface area (TPSA) is 71.3 Å². The van der Waals surface area contributed by atoms with Gasteiger partial charge < -0.3 is 9.80 Å². The molecule has 0 saturated heterocycles. The van der Waals surface area contributed by atoms with Crippen molar-refractivity contribution in [2.45, 2.75) is 25.3 Å². The second-order valence-electron chi connectivity index (χ2n) is 7.64. The van der Waals surface area contributed by atoms with Crippen molar-refractivity contribution in [1.29, 1.82) is 0 Å². The summed E-state index contributed by atoms with van der Waals surface area (Å²) >= 11 is 0. The molecule has 7 nitrogen and oxygen atoms in total. The highest BCUT2D eigenvalue weighted by atomic mass is 16.2. The lowest BCUT2D eigenvalue weighted by Crippen LogP contribution is -2.47. The zero-order valence-electron chi connectivity index (χ0n) is 17.0. The Kier molecular flexibility index (Phi) is 5.05. The minimum atomic E-state index is -0.612. The van der Waals surface area contributed by atoms with Crippen LogP contribution in [0.2, 0.25) is 0 Å². The Balaban J connectivity index is 1.53. The van der Waals surface area contributed by atoms with Crippen LogP contribution in [0.15, 0.2) is 42.6 Å². The number of carbonyl (C=O) groups excluding carboxylic acids is 2. The second kappa shape index (κ2) is 7.66. The van der Waals surface area contributed by atoms with Crippen molar-refractivity contribution in [2.24, 2.45) is 7.05 Å². The molecule has 7 heteroatoms. The molecule has 29 heavy (non-hydrogen) atoms. The zero-order chi connectivity index (χ0) is 20.5. The fraction of sp³-hybridized carbons (Fsp3) is 0.364. The molecule has 1 atom stereocenters. The average molecular weight is 391 g/mol. The molecule has 3 aromatic rings. The summed E-state index contributed by atoms with van der Waals surface area (Å²) < 4.78 is 1.80. The van der Waals surface area contributed by atoms with Crippen molar-refractivity contribution in [2.75, 3.05) is 20.6 Å². The smallest absolute Gasteiger partial charge is 0.249 e. The molecule has 2 aromatic heterocycles. The SMILES string of the molecule is CN(C)C(=O)C1c2cnn(C)c2CCN1C(=O)CCc1ccc2ccccc2n1. The van der Waals surface area contributed by atoms with Gasteiger partial charge in [-0.05, 0) is 18.6 Å². The molecule has 1 aromatic carbocycles. The first-order valence-electron chi connectivity index (χ1n) is 9.82. The Morgan fingerprint density at radius 1 is 1.17 bits per heavy atom. The van der Waals surface area contributed by atoms with Gasteiger partial charge in [0.1, 0.15) is 6.04 Å². The number of benzene rings is 1. The zero-order valence-corrected chi connectivity index (χ0v) is 17.0. The van der Waals surface area contributed by atoms with Crippen LogP contribution >= 0.6 is 0 Å². The molecule has 2 amide bonds. The molecule has 0 N–H and O–H groups in total. The first kappa shape index (κ1) is 19.1. The van der Waals surface area contributed by atoms with E-state index < -0.39 is 6.04 Å². The maximum absolute atomic E-state index is 13.1. The molecule has 0 aliphatic carbocycles. The van der Waals surface area contributed by atoms with Gasteiger partial charge in [-0.2, -0.15) is 5.10 Å². The molecule has 0 saturated carbocycles. The van der Waals surface area contributed by atoms with E-state index in [0.29, 0.717) is 25.8 Å². The number of pyridine rings is 1. The van der Waals surface area contributed by atoms with Crippen LogP contribution < -0.4 is 0 Å². The molecular formula is C22H25N5O2. The van der Waals surface area contributed by atoms with E-state index in [4.69, 9.17) is 0 Å². The average Bonchev–Trinajstić information content (AvgIpc) is 3.11. The predicted octanol–water partition coefficient (Wildman–Crippen LogP) is 2.12. The van der Waals surface area contributed by atoms with Gasteiger partial charge in [-0.1, -0.05) is 24.3 Å². The number of fused-ring (bicyclic) bond motifs is 2. The van der Waals surface area contributed by atoms with Gasteiger partial charge in [0.25, 0.3) is 0 Å². The fourth-order valence-corrected chi connectivity index (χ4v) is 3.94. The summed E-state index contributed by atoms with van der Waals surface area (Å²) in [6, 6.07) is 11.3. The van der Waals surface area contributed by atoms with Gasteiger partial charge in [0.15, 0.2) is 0 Å². The Morgan fingerprint density at radius 2 is 1.97 bits per heavy atom. The van der Waals surface area contributed by atoms with Crippen LogP contribution in [0.25, 0.3) is 10.9 Å². The molecule has 3 heterocycles. The molecule has 1 unspecified atom stereocenters. The number of para-hydroxylation sites is 1.